The predicted octanol–water partition coefficient (Wildman–Crippen LogP) is 3.85. The number of methoxy groups -OCH3 is 3. The fraction of sp³-hybridized carbons (Fsp3) is 0.273. The fourth-order valence-corrected chi connectivity index (χ4v) is 2.85. The number of hydrogen-bond acceptors (Lipinski definition) is 6. The van der Waals surface area contributed by atoms with Crippen molar-refractivity contribution in [3.05, 3.63) is 77.6 Å². The summed E-state index contributed by atoms with van der Waals surface area (Å²) in [7, 11) is 4.99. The maximum absolute atomic E-state index is 5.25. The van der Waals surface area contributed by atoms with Crippen molar-refractivity contribution >= 4 is 5.95 Å². The van der Waals surface area contributed by atoms with Gasteiger partial charge in [-0.3, -0.25) is 0 Å². The van der Waals surface area contributed by atoms with E-state index in [1.54, 1.807) is 33.7 Å². The van der Waals surface area contributed by atoms with Gasteiger partial charge < -0.3 is 19.1 Å². The number of hydrogen-bond donors (Lipinski definition) is 0. The van der Waals surface area contributed by atoms with E-state index in [4.69, 9.17) is 14.2 Å². The van der Waals surface area contributed by atoms with Crippen LogP contribution in [0.2, 0.25) is 0 Å². The largest absolute Gasteiger partial charge is 0.497 e. The average molecular weight is 379 g/mol. The number of benzene rings is 2. The summed E-state index contributed by atoms with van der Waals surface area (Å²) in [6.07, 6.45) is 3.61. The molecular formula is C22H25N3O3. The van der Waals surface area contributed by atoms with E-state index in [-0.39, 0.29) is 0 Å². The van der Waals surface area contributed by atoms with Crippen LogP contribution in [0.3, 0.4) is 0 Å². The van der Waals surface area contributed by atoms with E-state index in [2.05, 4.69) is 39.1 Å². The number of ether oxygens (including phenoxy) is 3. The number of anilines is 1. The van der Waals surface area contributed by atoms with Crippen molar-refractivity contribution in [2.75, 3.05) is 26.2 Å². The van der Waals surface area contributed by atoms with Crippen molar-refractivity contribution in [3.8, 4) is 11.5 Å². The van der Waals surface area contributed by atoms with Crippen molar-refractivity contribution in [2.45, 2.75) is 19.7 Å². The smallest absolute Gasteiger partial charge is 0.225 e. The minimum atomic E-state index is 0.497. The van der Waals surface area contributed by atoms with E-state index in [9.17, 15) is 0 Å². The lowest BCUT2D eigenvalue weighted by atomic mass is 10.1. The molecule has 6 heteroatoms. The molecule has 0 N–H and O–H groups in total. The summed E-state index contributed by atoms with van der Waals surface area (Å²) in [5.41, 5.74) is 3.25. The molecule has 2 aromatic carbocycles. The minimum Gasteiger partial charge on any atom is -0.497 e. The highest BCUT2D eigenvalue weighted by Gasteiger charge is 2.12. The molecular weight excluding hydrogens is 354 g/mol. The second-order valence-corrected chi connectivity index (χ2v) is 6.38. The first-order valence-corrected chi connectivity index (χ1v) is 9.02. The van der Waals surface area contributed by atoms with Gasteiger partial charge in [-0.25, -0.2) is 9.97 Å². The van der Waals surface area contributed by atoms with Gasteiger partial charge in [0.2, 0.25) is 5.95 Å². The molecule has 0 bridgehead atoms. The standard InChI is InChI=1S/C22H25N3O3/c1-26-16-19-12-23-22(24-13-19)25(14-17-4-8-20(27-2)9-5-17)15-18-6-10-21(28-3)11-7-18/h4-13H,14-16H2,1-3H3. The van der Waals surface area contributed by atoms with E-state index >= 15 is 0 Å². The number of aromatic nitrogens is 2. The zero-order valence-corrected chi connectivity index (χ0v) is 16.5. The lowest BCUT2D eigenvalue weighted by Crippen LogP contribution is -2.24. The van der Waals surface area contributed by atoms with Crippen LogP contribution >= 0.6 is 0 Å². The average Bonchev–Trinajstić information content (AvgIpc) is 2.75. The second-order valence-electron chi connectivity index (χ2n) is 6.38. The maximum Gasteiger partial charge on any atom is 0.225 e. The fourth-order valence-electron chi connectivity index (χ4n) is 2.85. The normalized spacial score (nSPS) is 10.5. The quantitative estimate of drug-likeness (QED) is 0.563. The minimum absolute atomic E-state index is 0.497. The zero-order chi connectivity index (χ0) is 19.8. The lowest BCUT2D eigenvalue weighted by Gasteiger charge is -2.23. The summed E-state index contributed by atoms with van der Waals surface area (Å²) in [5, 5.41) is 0. The van der Waals surface area contributed by atoms with Crippen LogP contribution in [0.5, 0.6) is 11.5 Å². The maximum atomic E-state index is 5.25. The van der Waals surface area contributed by atoms with Crippen LogP contribution in [0.1, 0.15) is 16.7 Å². The molecule has 0 saturated carbocycles. The summed E-state index contributed by atoms with van der Waals surface area (Å²) >= 11 is 0. The first-order chi connectivity index (χ1) is 13.7. The predicted molar refractivity (Wildman–Crippen MR) is 109 cm³/mol. The molecule has 0 atom stereocenters. The molecule has 0 unspecified atom stereocenters. The zero-order valence-electron chi connectivity index (χ0n) is 16.5. The Labute approximate surface area is 165 Å². The Morgan fingerprint density at radius 1 is 0.679 bits per heavy atom. The Balaban J connectivity index is 1.82. The summed E-state index contributed by atoms with van der Waals surface area (Å²) in [5.74, 6) is 2.35. The monoisotopic (exact) mass is 379 g/mol. The van der Waals surface area contributed by atoms with Crippen molar-refractivity contribution < 1.29 is 14.2 Å². The molecule has 0 spiro atoms. The highest BCUT2D eigenvalue weighted by molar-refractivity contribution is 5.37. The summed E-state index contributed by atoms with van der Waals surface area (Å²) in [4.78, 5) is 11.2. The van der Waals surface area contributed by atoms with Crippen molar-refractivity contribution in [1.29, 1.82) is 0 Å². The molecule has 3 aromatic rings. The molecule has 6 nitrogen and oxygen atoms in total. The third kappa shape index (κ3) is 5.20. The topological polar surface area (TPSA) is 56.7 Å². The van der Waals surface area contributed by atoms with Crippen LogP contribution in [-0.4, -0.2) is 31.3 Å². The van der Waals surface area contributed by atoms with E-state index in [0.29, 0.717) is 25.6 Å². The summed E-state index contributed by atoms with van der Waals surface area (Å²) in [6, 6.07) is 16.1. The van der Waals surface area contributed by atoms with Crippen molar-refractivity contribution in [2.24, 2.45) is 0 Å². The Morgan fingerprint density at radius 3 is 1.54 bits per heavy atom. The van der Waals surface area contributed by atoms with Gasteiger partial charge in [-0.15, -0.1) is 0 Å². The molecule has 0 aliphatic heterocycles. The lowest BCUT2D eigenvalue weighted by molar-refractivity contribution is 0.184. The summed E-state index contributed by atoms with van der Waals surface area (Å²) < 4.78 is 15.6. The highest BCUT2D eigenvalue weighted by Crippen LogP contribution is 2.20. The van der Waals surface area contributed by atoms with Crippen molar-refractivity contribution in [3.63, 3.8) is 0 Å². The highest BCUT2D eigenvalue weighted by atomic mass is 16.5. The van der Waals surface area contributed by atoms with Gasteiger partial charge in [-0.05, 0) is 35.4 Å². The number of nitrogens with zero attached hydrogens (tertiary/aromatic N) is 3. The molecule has 1 aromatic heterocycles. The van der Waals surface area contributed by atoms with Crippen LogP contribution in [0.25, 0.3) is 0 Å². The third-order valence-electron chi connectivity index (χ3n) is 4.35. The molecule has 0 radical (unpaired) electrons. The van der Waals surface area contributed by atoms with Gasteiger partial charge in [0.15, 0.2) is 0 Å². The first-order valence-electron chi connectivity index (χ1n) is 9.02. The molecule has 0 amide bonds. The molecule has 0 fully saturated rings. The summed E-state index contributed by atoms with van der Waals surface area (Å²) in [6.45, 7) is 1.86. The van der Waals surface area contributed by atoms with Crippen LogP contribution in [-0.2, 0) is 24.4 Å². The van der Waals surface area contributed by atoms with Gasteiger partial charge in [0.05, 0.1) is 20.8 Å². The van der Waals surface area contributed by atoms with E-state index in [0.717, 1.165) is 28.2 Å². The van der Waals surface area contributed by atoms with Crippen LogP contribution in [0, 0.1) is 0 Å². The Bertz CT molecular complexity index is 800. The Hall–Kier alpha value is -3.12. The molecule has 146 valence electrons. The van der Waals surface area contributed by atoms with Gasteiger partial charge in [0.25, 0.3) is 0 Å². The first kappa shape index (κ1) is 19.6. The molecule has 0 saturated heterocycles. The molecule has 0 aliphatic carbocycles. The van der Waals surface area contributed by atoms with Crippen LogP contribution < -0.4 is 14.4 Å². The van der Waals surface area contributed by atoms with Gasteiger partial charge in [-0.2, -0.15) is 0 Å². The van der Waals surface area contributed by atoms with Gasteiger partial charge in [-0.1, -0.05) is 24.3 Å². The van der Waals surface area contributed by atoms with Gasteiger partial charge >= 0.3 is 0 Å². The molecule has 28 heavy (non-hydrogen) atoms. The van der Waals surface area contributed by atoms with E-state index in [1.165, 1.54) is 0 Å². The van der Waals surface area contributed by atoms with Crippen LogP contribution in [0.4, 0.5) is 5.95 Å². The third-order valence-corrected chi connectivity index (χ3v) is 4.35. The Kier molecular flexibility index (Phi) is 6.81. The molecule has 0 aliphatic rings. The van der Waals surface area contributed by atoms with Crippen molar-refractivity contribution in [1.82, 2.24) is 9.97 Å². The SMILES string of the molecule is COCc1cnc(N(Cc2ccc(OC)cc2)Cc2ccc(OC)cc2)nc1. The Morgan fingerprint density at radius 2 is 1.14 bits per heavy atom. The number of rotatable bonds is 9. The molecule has 1 heterocycles. The van der Waals surface area contributed by atoms with Gasteiger partial charge in [0, 0.05) is 38.2 Å². The van der Waals surface area contributed by atoms with Crippen LogP contribution in [0.15, 0.2) is 60.9 Å². The van der Waals surface area contributed by atoms with Gasteiger partial charge in [0.1, 0.15) is 11.5 Å². The van der Waals surface area contributed by atoms with E-state index < -0.39 is 0 Å². The second kappa shape index (κ2) is 9.71. The molecule has 3 rings (SSSR count). The van der Waals surface area contributed by atoms with E-state index in [1.807, 2.05) is 24.3 Å².